The highest BCUT2D eigenvalue weighted by Gasteiger charge is 2.26. The van der Waals surface area contributed by atoms with Crippen LogP contribution in [0.15, 0.2) is 98.4 Å². The first-order valence-corrected chi connectivity index (χ1v) is 11.7. The Kier molecular flexibility index (Phi) is 5.86. The molecule has 0 aliphatic rings. The van der Waals surface area contributed by atoms with Crippen LogP contribution in [0.1, 0.15) is 13.3 Å². The maximum absolute atomic E-state index is 13.2. The molecule has 0 saturated heterocycles. The lowest BCUT2D eigenvalue weighted by Crippen LogP contribution is -2.09. The maximum atomic E-state index is 13.2. The molecule has 0 unspecified atom stereocenters. The molecule has 146 valence electrons. The molecule has 7 heteroatoms. The van der Waals surface area contributed by atoms with Crippen molar-refractivity contribution in [2.24, 2.45) is 0 Å². The normalized spacial score (nSPS) is 11.9. The molecule has 3 aromatic carbocycles. The van der Waals surface area contributed by atoms with Gasteiger partial charge in [-0.2, -0.15) is 0 Å². The van der Waals surface area contributed by atoms with Gasteiger partial charge in [-0.05, 0) is 48.9 Å². The summed E-state index contributed by atoms with van der Waals surface area (Å²) in [7, 11) is -7.82. The summed E-state index contributed by atoms with van der Waals surface area (Å²) in [6, 6.07) is 19.7. The van der Waals surface area contributed by atoms with Crippen LogP contribution >= 0.6 is 0 Å². The molecule has 0 aliphatic carbocycles. The van der Waals surface area contributed by atoms with Crippen molar-refractivity contribution < 1.29 is 21.6 Å². The fourth-order valence-electron chi connectivity index (χ4n) is 2.66. The first-order chi connectivity index (χ1) is 13.4. The lowest BCUT2D eigenvalue weighted by atomic mass is 10.3. The standard InChI is InChI=1S/C21H20O5S2/c1-2-15-26-20-14-13-19(27(22,23)17-9-5-3-6-10-17)16-21(20)28(24,25)18-11-7-4-8-12-18/h3-14,16H,2,15H2,1H3. The van der Waals surface area contributed by atoms with E-state index in [4.69, 9.17) is 4.74 Å². The second-order valence-corrected chi connectivity index (χ2v) is 9.96. The summed E-state index contributed by atoms with van der Waals surface area (Å²) < 4.78 is 57.8. The van der Waals surface area contributed by atoms with Gasteiger partial charge in [0.05, 0.1) is 21.3 Å². The summed E-state index contributed by atoms with van der Waals surface area (Å²) >= 11 is 0. The summed E-state index contributed by atoms with van der Waals surface area (Å²) in [6.45, 7) is 2.22. The molecule has 3 aromatic rings. The highest BCUT2D eigenvalue weighted by atomic mass is 32.2. The Morgan fingerprint density at radius 2 is 1.21 bits per heavy atom. The van der Waals surface area contributed by atoms with Crippen molar-refractivity contribution in [3.8, 4) is 5.75 Å². The Hall–Kier alpha value is -2.64. The minimum Gasteiger partial charge on any atom is -0.492 e. The molecule has 0 heterocycles. The second-order valence-electron chi connectivity index (χ2n) is 6.09. The van der Waals surface area contributed by atoms with E-state index in [9.17, 15) is 16.8 Å². The van der Waals surface area contributed by atoms with Crippen LogP contribution in [0.4, 0.5) is 0 Å². The fourth-order valence-corrected chi connectivity index (χ4v) is 5.48. The largest absolute Gasteiger partial charge is 0.492 e. The minimum atomic E-state index is -3.95. The first-order valence-electron chi connectivity index (χ1n) is 8.74. The average Bonchev–Trinajstić information content (AvgIpc) is 2.73. The minimum absolute atomic E-state index is 0.0746. The summed E-state index contributed by atoms with van der Waals surface area (Å²) in [5, 5.41) is 0. The Morgan fingerprint density at radius 3 is 1.75 bits per heavy atom. The summed E-state index contributed by atoms with van der Waals surface area (Å²) in [6.07, 6.45) is 0.689. The van der Waals surface area contributed by atoms with Crippen molar-refractivity contribution >= 4 is 19.7 Å². The second kappa shape index (κ2) is 8.16. The molecule has 0 radical (unpaired) electrons. The van der Waals surface area contributed by atoms with Crippen LogP contribution in [-0.2, 0) is 19.7 Å². The van der Waals surface area contributed by atoms with Gasteiger partial charge in [-0.1, -0.05) is 43.3 Å². The van der Waals surface area contributed by atoms with Crippen molar-refractivity contribution in [3.05, 3.63) is 78.9 Å². The monoisotopic (exact) mass is 416 g/mol. The molecule has 0 amide bonds. The van der Waals surface area contributed by atoms with Crippen molar-refractivity contribution in [1.29, 1.82) is 0 Å². The van der Waals surface area contributed by atoms with Gasteiger partial charge in [-0.15, -0.1) is 0 Å². The van der Waals surface area contributed by atoms with Gasteiger partial charge in [0.25, 0.3) is 0 Å². The molecule has 3 rings (SSSR count). The Balaban J connectivity index is 2.18. The van der Waals surface area contributed by atoms with Gasteiger partial charge in [0.15, 0.2) is 0 Å². The molecule has 0 saturated carbocycles. The van der Waals surface area contributed by atoms with E-state index in [1.807, 2.05) is 6.92 Å². The lowest BCUT2D eigenvalue weighted by molar-refractivity contribution is 0.309. The van der Waals surface area contributed by atoms with Gasteiger partial charge in [0.2, 0.25) is 19.7 Å². The molecule has 5 nitrogen and oxygen atoms in total. The van der Waals surface area contributed by atoms with Crippen LogP contribution in [0.3, 0.4) is 0 Å². The zero-order chi connectivity index (χ0) is 20.2. The smallest absolute Gasteiger partial charge is 0.210 e. The Morgan fingerprint density at radius 1 is 0.679 bits per heavy atom. The van der Waals surface area contributed by atoms with E-state index in [0.29, 0.717) is 13.0 Å². The number of hydrogen-bond donors (Lipinski definition) is 0. The van der Waals surface area contributed by atoms with Gasteiger partial charge >= 0.3 is 0 Å². The molecule has 0 spiro atoms. The Labute approximate surface area is 165 Å². The quantitative estimate of drug-likeness (QED) is 0.578. The van der Waals surface area contributed by atoms with Gasteiger partial charge < -0.3 is 4.74 Å². The van der Waals surface area contributed by atoms with E-state index in [1.54, 1.807) is 36.4 Å². The van der Waals surface area contributed by atoms with Gasteiger partial charge in [0.1, 0.15) is 10.6 Å². The van der Waals surface area contributed by atoms with E-state index in [-0.39, 0.29) is 25.3 Å². The number of benzene rings is 3. The van der Waals surface area contributed by atoms with Gasteiger partial charge in [0, 0.05) is 0 Å². The highest BCUT2D eigenvalue weighted by Crippen LogP contribution is 2.33. The lowest BCUT2D eigenvalue weighted by Gasteiger charge is -2.14. The van der Waals surface area contributed by atoms with Crippen LogP contribution in [0, 0.1) is 0 Å². The third kappa shape index (κ3) is 3.95. The van der Waals surface area contributed by atoms with Crippen LogP contribution in [0.25, 0.3) is 0 Å². The summed E-state index contributed by atoms with van der Waals surface area (Å²) in [5.41, 5.74) is 0. The van der Waals surface area contributed by atoms with Crippen LogP contribution in [0.2, 0.25) is 0 Å². The zero-order valence-electron chi connectivity index (χ0n) is 15.3. The van der Waals surface area contributed by atoms with Gasteiger partial charge in [-0.3, -0.25) is 0 Å². The third-order valence-electron chi connectivity index (χ3n) is 4.08. The molecule has 28 heavy (non-hydrogen) atoms. The molecular weight excluding hydrogens is 396 g/mol. The van der Waals surface area contributed by atoms with E-state index in [2.05, 4.69) is 0 Å². The molecule has 0 aromatic heterocycles. The maximum Gasteiger partial charge on any atom is 0.210 e. The molecule has 0 aliphatic heterocycles. The Bertz CT molecular complexity index is 1150. The van der Waals surface area contributed by atoms with Crippen molar-refractivity contribution in [1.82, 2.24) is 0 Å². The molecule has 0 bridgehead atoms. The predicted octanol–water partition coefficient (Wildman–Crippen LogP) is 4.14. The molecule has 0 N–H and O–H groups in total. The van der Waals surface area contributed by atoms with E-state index in [1.165, 1.54) is 42.5 Å². The zero-order valence-corrected chi connectivity index (χ0v) is 16.9. The third-order valence-corrected chi connectivity index (χ3v) is 7.64. The van der Waals surface area contributed by atoms with Crippen molar-refractivity contribution in [2.75, 3.05) is 6.61 Å². The van der Waals surface area contributed by atoms with Crippen LogP contribution in [0.5, 0.6) is 5.75 Å². The highest BCUT2D eigenvalue weighted by molar-refractivity contribution is 7.92. The van der Waals surface area contributed by atoms with E-state index < -0.39 is 19.7 Å². The predicted molar refractivity (Wildman–Crippen MR) is 106 cm³/mol. The number of hydrogen-bond acceptors (Lipinski definition) is 5. The number of ether oxygens (including phenoxy) is 1. The number of sulfone groups is 2. The van der Waals surface area contributed by atoms with Crippen molar-refractivity contribution in [2.45, 2.75) is 32.9 Å². The van der Waals surface area contributed by atoms with Crippen LogP contribution < -0.4 is 4.74 Å². The molecule has 0 fully saturated rings. The molecular formula is C21H20O5S2. The fraction of sp³-hybridized carbons (Fsp3) is 0.143. The van der Waals surface area contributed by atoms with Crippen LogP contribution in [-0.4, -0.2) is 23.4 Å². The summed E-state index contributed by atoms with van der Waals surface area (Å²) in [5.74, 6) is 0.137. The average molecular weight is 417 g/mol. The van der Waals surface area contributed by atoms with Gasteiger partial charge in [-0.25, -0.2) is 16.8 Å². The number of rotatable bonds is 7. The summed E-state index contributed by atoms with van der Waals surface area (Å²) in [4.78, 5) is -0.0906. The van der Waals surface area contributed by atoms with E-state index >= 15 is 0 Å². The van der Waals surface area contributed by atoms with E-state index in [0.717, 1.165) is 0 Å². The SMILES string of the molecule is CCCOc1ccc(S(=O)(=O)c2ccccc2)cc1S(=O)(=O)c1ccccc1. The topological polar surface area (TPSA) is 77.5 Å². The van der Waals surface area contributed by atoms with Crippen molar-refractivity contribution in [3.63, 3.8) is 0 Å². The molecule has 0 atom stereocenters. The first kappa shape index (κ1) is 20.1.